The van der Waals surface area contributed by atoms with Gasteiger partial charge in [-0.2, -0.15) is 0 Å². The maximum atomic E-state index is 12.5. The van der Waals surface area contributed by atoms with Crippen molar-refractivity contribution in [3.05, 3.63) is 36.5 Å². The van der Waals surface area contributed by atoms with Crippen LogP contribution in [0.3, 0.4) is 0 Å². The summed E-state index contributed by atoms with van der Waals surface area (Å²) in [5, 5.41) is 23.3. The molecule has 0 aromatic heterocycles. The topological polar surface area (TPSA) is 95.9 Å². The number of ether oxygens (including phenoxy) is 1. The molecule has 0 aliphatic carbocycles. The van der Waals surface area contributed by atoms with Gasteiger partial charge in [0.05, 0.1) is 25.4 Å². The first-order chi connectivity index (χ1) is 40.0. The van der Waals surface area contributed by atoms with Crippen LogP contribution in [0.1, 0.15) is 406 Å². The molecular formula is C75H143NO5. The van der Waals surface area contributed by atoms with E-state index in [0.717, 1.165) is 51.4 Å². The van der Waals surface area contributed by atoms with E-state index in [0.29, 0.717) is 25.9 Å². The molecule has 1 amide bonds. The van der Waals surface area contributed by atoms with Gasteiger partial charge in [0.2, 0.25) is 5.91 Å². The van der Waals surface area contributed by atoms with Crippen LogP contribution >= 0.6 is 0 Å². The van der Waals surface area contributed by atoms with Crippen LogP contribution in [0.25, 0.3) is 0 Å². The van der Waals surface area contributed by atoms with Crippen LogP contribution in [0.2, 0.25) is 0 Å². The number of esters is 1. The number of amides is 1. The molecule has 6 heteroatoms. The number of hydrogen-bond acceptors (Lipinski definition) is 5. The van der Waals surface area contributed by atoms with Crippen LogP contribution in [-0.4, -0.2) is 47.4 Å². The average molecular weight is 1140 g/mol. The first-order valence-corrected chi connectivity index (χ1v) is 36.7. The predicted octanol–water partition coefficient (Wildman–Crippen LogP) is 23.9. The molecule has 0 aliphatic rings. The van der Waals surface area contributed by atoms with E-state index in [1.807, 2.05) is 0 Å². The summed E-state index contributed by atoms with van der Waals surface area (Å²) in [6, 6.07) is -0.538. The number of hydrogen-bond donors (Lipinski definition) is 3. The molecule has 0 aromatic rings. The number of nitrogens with one attached hydrogen (secondary N) is 1. The number of aliphatic hydroxyl groups excluding tert-OH is 2. The highest BCUT2D eigenvalue weighted by Crippen LogP contribution is 2.19. The summed E-state index contributed by atoms with van der Waals surface area (Å²) >= 11 is 0. The highest BCUT2D eigenvalue weighted by Gasteiger charge is 2.20. The molecule has 0 saturated heterocycles. The van der Waals surface area contributed by atoms with Crippen molar-refractivity contribution in [2.24, 2.45) is 0 Å². The average Bonchev–Trinajstić information content (AvgIpc) is 3.47. The second kappa shape index (κ2) is 70.6. The van der Waals surface area contributed by atoms with Crippen molar-refractivity contribution in [3.8, 4) is 0 Å². The monoisotopic (exact) mass is 1140 g/mol. The van der Waals surface area contributed by atoms with Crippen molar-refractivity contribution in [2.75, 3.05) is 13.2 Å². The Kier molecular flexibility index (Phi) is 68.9. The van der Waals surface area contributed by atoms with Gasteiger partial charge in [-0.05, 0) is 77.0 Å². The zero-order valence-corrected chi connectivity index (χ0v) is 54.8. The van der Waals surface area contributed by atoms with Crippen LogP contribution in [0.4, 0.5) is 0 Å². The van der Waals surface area contributed by atoms with Crippen molar-refractivity contribution < 1.29 is 24.5 Å². The molecule has 0 heterocycles. The van der Waals surface area contributed by atoms with Crippen molar-refractivity contribution >= 4 is 11.9 Å². The van der Waals surface area contributed by atoms with Crippen LogP contribution in [-0.2, 0) is 14.3 Å². The zero-order chi connectivity index (χ0) is 58.5. The molecule has 0 rings (SSSR count). The fraction of sp³-hybridized carbons (Fsp3) is 0.893. The Morgan fingerprint density at radius 3 is 1.00 bits per heavy atom. The number of allylic oxidation sites excluding steroid dienone is 6. The molecule has 0 saturated carbocycles. The summed E-state index contributed by atoms with van der Waals surface area (Å²) in [6.45, 7) is 4.91. The van der Waals surface area contributed by atoms with Gasteiger partial charge in [0.1, 0.15) is 0 Å². The number of aliphatic hydroxyl groups is 2. The Labute approximate surface area is 506 Å². The summed E-state index contributed by atoms with van der Waals surface area (Å²) < 4.78 is 5.48. The molecule has 81 heavy (non-hydrogen) atoms. The van der Waals surface area contributed by atoms with Gasteiger partial charge in [-0.15, -0.1) is 0 Å². The lowest BCUT2D eigenvalue weighted by Gasteiger charge is -2.22. The molecule has 0 bridgehead atoms. The normalized spacial score (nSPS) is 12.7. The summed E-state index contributed by atoms with van der Waals surface area (Å²) in [5.41, 5.74) is 0. The molecule has 3 N–H and O–H groups in total. The van der Waals surface area contributed by atoms with Crippen molar-refractivity contribution in [3.63, 3.8) is 0 Å². The SMILES string of the molecule is CCC/C=C\C/C=C\CCCCCCCC(=O)OCCCCCCCCCCCCCCCCCC/C=C\CCCCCCCCCCCCCCCCCCCC(=O)NC(CO)C(O)CCCCCCCCCCCCCCCC. The third-order valence-electron chi connectivity index (χ3n) is 17.1. The summed E-state index contributed by atoms with van der Waals surface area (Å²) in [5.74, 6) is -0.0222. The van der Waals surface area contributed by atoms with E-state index in [9.17, 15) is 19.8 Å². The minimum atomic E-state index is -0.661. The van der Waals surface area contributed by atoms with Gasteiger partial charge in [0.25, 0.3) is 0 Å². The Bertz CT molecular complexity index is 1310. The summed E-state index contributed by atoms with van der Waals surface area (Å²) in [7, 11) is 0. The third kappa shape index (κ3) is 67.1. The summed E-state index contributed by atoms with van der Waals surface area (Å²) in [4.78, 5) is 24.5. The van der Waals surface area contributed by atoms with E-state index < -0.39 is 12.1 Å². The first kappa shape index (κ1) is 79.1. The number of rotatable bonds is 69. The van der Waals surface area contributed by atoms with E-state index in [4.69, 9.17) is 4.74 Å². The largest absolute Gasteiger partial charge is 0.466 e. The second-order valence-electron chi connectivity index (χ2n) is 25.3. The molecule has 2 atom stereocenters. The van der Waals surface area contributed by atoms with Gasteiger partial charge >= 0.3 is 5.97 Å². The van der Waals surface area contributed by atoms with Gasteiger partial charge in [-0.25, -0.2) is 0 Å². The maximum absolute atomic E-state index is 12.5. The molecule has 6 nitrogen and oxygen atoms in total. The fourth-order valence-corrected chi connectivity index (χ4v) is 11.6. The molecule has 0 aliphatic heterocycles. The van der Waals surface area contributed by atoms with E-state index in [-0.39, 0.29) is 18.5 Å². The van der Waals surface area contributed by atoms with Gasteiger partial charge in [0.15, 0.2) is 0 Å². The smallest absolute Gasteiger partial charge is 0.305 e. The highest BCUT2D eigenvalue weighted by atomic mass is 16.5. The van der Waals surface area contributed by atoms with Crippen LogP contribution in [0.5, 0.6) is 0 Å². The van der Waals surface area contributed by atoms with Gasteiger partial charge < -0.3 is 20.3 Å². The first-order valence-electron chi connectivity index (χ1n) is 36.7. The van der Waals surface area contributed by atoms with Gasteiger partial charge in [0, 0.05) is 12.8 Å². The number of carbonyl (C=O) groups is 2. The summed E-state index contributed by atoms with van der Waals surface area (Å²) in [6.07, 6.45) is 90.8. The molecular weight excluding hydrogens is 995 g/mol. The highest BCUT2D eigenvalue weighted by molar-refractivity contribution is 5.76. The van der Waals surface area contributed by atoms with Crippen LogP contribution in [0.15, 0.2) is 36.5 Å². The van der Waals surface area contributed by atoms with Crippen molar-refractivity contribution in [1.29, 1.82) is 0 Å². The Morgan fingerprint density at radius 2 is 0.642 bits per heavy atom. The van der Waals surface area contributed by atoms with Gasteiger partial charge in [-0.1, -0.05) is 352 Å². The van der Waals surface area contributed by atoms with Crippen LogP contribution < -0.4 is 5.32 Å². The lowest BCUT2D eigenvalue weighted by molar-refractivity contribution is -0.143. The van der Waals surface area contributed by atoms with E-state index in [2.05, 4.69) is 55.6 Å². The lowest BCUT2D eigenvalue weighted by Crippen LogP contribution is -2.45. The Hall–Kier alpha value is -1.92. The Balaban J connectivity index is 3.32. The third-order valence-corrected chi connectivity index (χ3v) is 17.1. The molecule has 0 aromatic carbocycles. The van der Waals surface area contributed by atoms with Gasteiger partial charge in [-0.3, -0.25) is 9.59 Å². The minimum absolute atomic E-state index is 0.00628. The van der Waals surface area contributed by atoms with E-state index in [1.54, 1.807) is 0 Å². The quantitative estimate of drug-likeness (QED) is 0.0320. The second-order valence-corrected chi connectivity index (χ2v) is 25.3. The predicted molar refractivity (Wildman–Crippen MR) is 356 cm³/mol. The number of carbonyl (C=O) groups excluding carboxylic acids is 2. The standard InChI is InChI=1S/C75H143NO5/c1-3-5-7-9-11-13-15-17-44-47-51-55-59-63-67-73(78)72(71-77)76-74(79)68-64-60-56-52-48-45-41-39-37-35-33-31-29-27-25-23-21-19-18-20-22-24-26-28-30-32-34-36-38-40-42-46-50-54-58-62-66-70-81-75(80)69-65-61-57-53-49-43-16-14-12-10-8-6-4-2/h8,10,14,16,18,20,72-73,77-78H,3-7,9,11-13,15,17,19,21-71H2,1-2H3,(H,76,79)/b10-8-,16-14-,20-18-. The molecule has 2 unspecified atom stereocenters. The molecule has 0 spiro atoms. The number of unbranched alkanes of at least 4 members (excludes halogenated alkanes) is 52. The molecule has 0 fully saturated rings. The molecule has 0 radical (unpaired) electrons. The van der Waals surface area contributed by atoms with Crippen molar-refractivity contribution in [1.82, 2.24) is 5.32 Å². The zero-order valence-electron chi connectivity index (χ0n) is 54.8. The fourth-order valence-electron chi connectivity index (χ4n) is 11.6. The van der Waals surface area contributed by atoms with E-state index >= 15 is 0 Å². The molecule has 478 valence electrons. The van der Waals surface area contributed by atoms with E-state index in [1.165, 1.54) is 321 Å². The van der Waals surface area contributed by atoms with Crippen LogP contribution in [0, 0.1) is 0 Å². The lowest BCUT2D eigenvalue weighted by atomic mass is 10.0. The van der Waals surface area contributed by atoms with Crippen molar-refractivity contribution in [2.45, 2.75) is 418 Å². The minimum Gasteiger partial charge on any atom is -0.466 e. The maximum Gasteiger partial charge on any atom is 0.305 e. The Morgan fingerprint density at radius 1 is 0.346 bits per heavy atom.